The number of ether oxygens (including phenoxy) is 2. The average molecular weight is 281 g/mol. The molecule has 0 atom stereocenters. The van der Waals surface area contributed by atoms with Crippen LogP contribution in [-0.4, -0.2) is 43.9 Å². The van der Waals surface area contributed by atoms with E-state index in [2.05, 4.69) is 5.32 Å². The van der Waals surface area contributed by atoms with Crippen molar-refractivity contribution in [2.45, 2.75) is 12.8 Å². The van der Waals surface area contributed by atoms with E-state index in [-0.39, 0.29) is 12.5 Å². The normalized spacial score (nSPS) is 10.1. The third-order valence-corrected chi connectivity index (χ3v) is 2.55. The van der Waals surface area contributed by atoms with Crippen LogP contribution < -0.4 is 10.1 Å². The van der Waals surface area contributed by atoms with Crippen LogP contribution in [0.2, 0.25) is 0 Å². The SMILES string of the molecule is COCCC(=O)NCCc1ccc(OCC(=O)O)cc1. The van der Waals surface area contributed by atoms with Gasteiger partial charge in [-0.2, -0.15) is 0 Å². The minimum Gasteiger partial charge on any atom is -0.482 e. The van der Waals surface area contributed by atoms with E-state index in [0.717, 1.165) is 5.56 Å². The molecule has 0 bridgehead atoms. The summed E-state index contributed by atoms with van der Waals surface area (Å²) in [7, 11) is 1.56. The van der Waals surface area contributed by atoms with E-state index in [1.807, 2.05) is 12.1 Å². The van der Waals surface area contributed by atoms with Gasteiger partial charge in [-0.1, -0.05) is 12.1 Å². The van der Waals surface area contributed by atoms with Gasteiger partial charge < -0.3 is 19.9 Å². The van der Waals surface area contributed by atoms with Gasteiger partial charge in [0.2, 0.25) is 5.91 Å². The molecule has 1 rings (SSSR count). The van der Waals surface area contributed by atoms with Crippen LogP contribution in [0.5, 0.6) is 5.75 Å². The number of hydrogen-bond donors (Lipinski definition) is 2. The number of benzene rings is 1. The number of methoxy groups -OCH3 is 1. The van der Waals surface area contributed by atoms with Gasteiger partial charge in [0, 0.05) is 20.1 Å². The number of amides is 1. The summed E-state index contributed by atoms with van der Waals surface area (Å²) in [5.74, 6) is -0.526. The molecule has 0 aliphatic rings. The van der Waals surface area contributed by atoms with Crippen LogP contribution in [0.25, 0.3) is 0 Å². The Balaban J connectivity index is 2.27. The van der Waals surface area contributed by atoms with Gasteiger partial charge >= 0.3 is 5.97 Å². The van der Waals surface area contributed by atoms with Gasteiger partial charge in [0.05, 0.1) is 6.61 Å². The molecule has 0 spiro atoms. The smallest absolute Gasteiger partial charge is 0.341 e. The van der Waals surface area contributed by atoms with Crippen molar-refractivity contribution < 1.29 is 24.2 Å². The van der Waals surface area contributed by atoms with E-state index in [0.29, 0.717) is 31.7 Å². The van der Waals surface area contributed by atoms with Crippen molar-refractivity contribution >= 4 is 11.9 Å². The number of aliphatic carboxylic acids is 1. The summed E-state index contributed by atoms with van der Waals surface area (Å²) in [5.41, 5.74) is 1.04. The highest BCUT2D eigenvalue weighted by molar-refractivity contribution is 5.75. The molecule has 0 saturated carbocycles. The van der Waals surface area contributed by atoms with E-state index < -0.39 is 5.97 Å². The molecule has 0 aliphatic carbocycles. The van der Waals surface area contributed by atoms with Gasteiger partial charge in [0.25, 0.3) is 0 Å². The highest BCUT2D eigenvalue weighted by atomic mass is 16.5. The van der Waals surface area contributed by atoms with Gasteiger partial charge in [0.1, 0.15) is 5.75 Å². The molecule has 1 aromatic rings. The van der Waals surface area contributed by atoms with Crippen LogP contribution in [0.15, 0.2) is 24.3 Å². The van der Waals surface area contributed by atoms with E-state index >= 15 is 0 Å². The Kier molecular flexibility index (Phi) is 7.13. The predicted molar refractivity (Wildman–Crippen MR) is 72.8 cm³/mol. The molecule has 1 amide bonds. The number of hydrogen-bond acceptors (Lipinski definition) is 4. The summed E-state index contributed by atoms with van der Waals surface area (Å²) in [6, 6.07) is 7.12. The molecular formula is C14H19NO5. The Hall–Kier alpha value is -2.08. The number of carbonyl (C=O) groups excluding carboxylic acids is 1. The summed E-state index contributed by atoms with van der Waals surface area (Å²) in [4.78, 5) is 21.7. The largest absolute Gasteiger partial charge is 0.482 e. The first-order valence-corrected chi connectivity index (χ1v) is 6.31. The van der Waals surface area contributed by atoms with E-state index in [1.165, 1.54) is 0 Å². The second-order valence-corrected chi connectivity index (χ2v) is 4.17. The van der Waals surface area contributed by atoms with Crippen LogP contribution >= 0.6 is 0 Å². The number of carboxylic acid groups (broad SMARTS) is 1. The van der Waals surface area contributed by atoms with Crippen molar-refractivity contribution in [3.8, 4) is 5.75 Å². The summed E-state index contributed by atoms with van der Waals surface area (Å²) in [5, 5.41) is 11.3. The lowest BCUT2D eigenvalue weighted by Crippen LogP contribution is -2.26. The molecule has 20 heavy (non-hydrogen) atoms. The minimum atomic E-state index is -1.01. The molecule has 6 heteroatoms. The molecule has 0 saturated heterocycles. The molecule has 2 N–H and O–H groups in total. The lowest BCUT2D eigenvalue weighted by atomic mass is 10.1. The first-order chi connectivity index (χ1) is 9.61. The van der Waals surface area contributed by atoms with Crippen molar-refractivity contribution in [1.29, 1.82) is 0 Å². The fourth-order valence-corrected chi connectivity index (χ4v) is 1.53. The Morgan fingerprint density at radius 3 is 2.55 bits per heavy atom. The van der Waals surface area contributed by atoms with Gasteiger partial charge in [-0.3, -0.25) is 4.79 Å². The highest BCUT2D eigenvalue weighted by Gasteiger charge is 2.02. The Morgan fingerprint density at radius 2 is 1.95 bits per heavy atom. The van der Waals surface area contributed by atoms with Crippen LogP contribution in [0, 0.1) is 0 Å². The van der Waals surface area contributed by atoms with Crippen molar-refractivity contribution in [2.75, 3.05) is 26.9 Å². The molecular weight excluding hydrogens is 262 g/mol. The van der Waals surface area contributed by atoms with Gasteiger partial charge in [-0.15, -0.1) is 0 Å². The Morgan fingerprint density at radius 1 is 1.25 bits per heavy atom. The quantitative estimate of drug-likeness (QED) is 0.701. The lowest BCUT2D eigenvalue weighted by Gasteiger charge is -2.06. The summed E-state index contributed by atoms with van der Waals surface area (Å²) in [6.45, 7) is 0.619. The zero-order valence-corrected chi connectivity index (χ0v) is 11.4. The predicted octanol–water partition coefficient (Wildman–Crippen LogP) is 0.845. The Labute approximate surface area is 117 Å². The lowest BCUT2D eigenvalue weighted by molar-refractivity contribution is -0.139. The average Bonchev–Trinajstić information content (AvgIpc) is 2.44. The molecule has 0 fully saturated rings. The zero-order valence-electron chi connectivity index (χ0n) is 11.4. The maximum absolute atomic E-state index is 11.3. The number of carboxylic acids is 1. The molecule has 0 heterocycles. The van der Waals surface area contributed by atoms with E-state index in [4.69, 9.17) is 14.6 Å². The van der Waals surface area contributed by atoms with Gasteiger partial charge in [-0.25, -0.2) is 4.79 Å². The minimum absolute atomic E-state index is 0.0340. The maximum Gasteiger partial charge on any atom is 0.341 e. The topological polar surface area (TPSA) is 84.9 Å². The Bertz CT molecular complexity index is 430. The second-order valence-electron chi connectivity index (χ2n) is 4.17. The number of rotatable bonds is 9. The third kappa shape index (κ3) is 6.75. The first kappa shape index (κ1) is 16.0. The monoisotopic (exact) mass is 281 g/mol. The third-order valence-electron chi connectivity index (χ3n) is 2.55. The number of carbonyl (C=O) groups is 2. The van der Waals surface area contributed by atoms with Crippen LogP contribution in [-0.2, 0) is 20.7 Å². The highest BCUT2D eigenvalue weighted by Crippen LogP contribution is 2.12. The fourth-order valence-electron chi connectivity index (χ4n) is 1.53. The number of nitrogens with one attached hydrogen (secondary N) is 1. The summed E-state index contributed by atoms with van der Waals surface area (Å²) < 4.78 is 9.84. The van der Waals surface area contributed by atoms with Gasteiger partial charge in [-0.05, 0) is 24.1 Å². The first-order valence-electron chi connectivity index (χ1n) is 6.31. The van der Waals surface area contributed by atoms with Crippen molar-refractivity contribution in [3.05, 3.63) is 29.8 Å². The molecule has 0 unspecified atom stereocenters. The molecule has 0 aromatic heterocycles. The second kappa shape index (κ2) is 8.92. The van der Waals surface area contributed by atoms with Crippen molar-refractivity contribution in [2.24, 2.45) is 0 Å². The zero-order chi connectivity index (χ0) is 14.8. The molecule has 110 valence electrons. The van der Waals surface area contributed by atoms with Gasteiger partial charge in [0.15, 0.2) is 6.61 Å². The van der Waals surface area contributed by atoms with E-state index in [1.54, 1.807) is 19.2 Å². The fraction of sp³-hybridized carbons (Fsp3) is 0.429. The summed E-state index contributed by atoms with van der Waals surface area (Å²) in [6.07, 6.45) is 1.07. The van der Waals surface area contributed by atoms with E-state index in [9.17, 15) is 9.59 Å². The molecule has 0 radical (unpaired) electrons. The van der Waals surface area contributed by atoms with Crippen LogP contribution in [0.1, 0.15) is 12.0 Å². The summed E-state index contributed by atoms with van der Waals surface area (Å²) >= 11 is 0. The van der Waals surface area contributed by atoms with Crippen molar-refractivity contribution in [3.63, 3.8) is 0 Å². The van der Waals surface area contributed by atoms with Crippen molar-refractivity contribution in [1.82, 2.24) is 5.32 Å². The van der Waals surface area contributed by atoms with Crippen LogP contribution in [0.3, 0.4) is 0 Å². The standard InChI is InChI=1S/C14H19NO5/c1-19-9-7-13(16)15-8-6-11-2-4-12(5-3-11)20-10-14(17)18/h2-5H,6-10H2,1H3,(H,15,16)(H,17,18). The molecule has 0 aliphatic heterocycles. The maximum atomic E-state index is 11.3. The molecule has 1 aromatic carbocycles. The van der Waals surface area contributed by atoms with Crippen LogP contribution in [0.4, 0.5) is 0 Å². The molecule has 6 nitrogen and oxygen atoms in total.